The van der Waals surface area contributed by atoms with E-state index in [1.54, 1.807) is 29.8 Å². The summed E-state index contributed by atoms with van der Waals surface area (Å²) >= 11 is 0. The standard InChI is InChI=1S/C22H27N7O3/c1-32-21-8-6-19-25-24-18(29(19)26-21)5-7-20(30)23-9-10-27-12-15-11-16(14-27)17-3-2-4-22(31)28(17)13-15/h2-4,6,8,15-16H,5,7,9-14H2,1H3,(H,23,30)/t15-,16+/m1/s1. The Hall–Kier alpha value is -3.27. The maximum absolute atomic E-state index is 12.4. The van der Waals surface area contributed by atoms with E-state index in [2.05, 4.69) is 31.6 Å². The highest BCUT2D eigenvalue weighted by atomic mass is 16.5. The third-order valence-electron chi connectivity index (χ3n) is 6.39. The van der Waals surface area contributed by atoms with Gasteiger partial charge in [-0.15, -0.1) is 15.3 Å². The summed E-state index contributed by atoms with van der Waals surface area (Å²) < 4.78 is 8.70. The second-order valence-corrected chi connectivity index (χ2v) is 8.57. The van der Waals surface area contributed by atoms with E-state index in [1.807, 2.05) is 10.6 Å². The van der Waals surface area contributed by atoms with Crippen molar-refractivity contribution in [3.63, 3.8) is 0 Å². The normalized spacial score (nSPS) is 20.2. The molecule has 2 bridgehead atoms. The molecule has 0 spiro atoms. The lowest BCUT2D eigenvalue weighted by Gasteiger charge is -2.42. The van der Waals surface area contributed by atoms with Crippen molar-refractivity contribution in [2.75, 3.05) is 33.3 Å². The largest absolute Gasteiger partial charge is 0.480 e. The summed E-state index contributed by atoms with van der Waals surface area (Å²) in [4.78, 5) is 26.9. The van der Waals surface area contributed by atoms with Crippen LogP contribution in [0.3, 0.4) is 0 Å². The van der Waals surface area contributed by atoms with Gasteiger partial charge in [-0.3, -0.25) is 9.59 Å². The summed E-state index contributed by atoms with van der Waals surface area (Å²) in [6.07, 6.45) is 1.91. The number of piperidine rings is 1. The van der Waals surface area contributed by atoms with Gasteiger partial charge in [0.05, 0.1) is 7.11 Å². The summed E-state index contributed by atoms with van der Waals surface area (Å²) in [7, 11) is 1.56. The van der Waals surface area contributed by atoms with Crippen LogP contribution in [0, 0.1) is 5.92 Å². The molecule has 1 N–H and O–H groups in total. The maximum Gasteiger partial charge on any atom is 0.250 e. The Labute approximate surface area is 185 Å². The molecule has 0 radical (unpaired) electrons. The average molecular weight is 438 g/mol. The zero-order valence-corrected chi connectivity index (χ0v) is 18.1. The molecular weight excluding hydrogens is 410 g/mol. The number of hydrogen-bond acceptors (Lipinski definition) is 7. The van der Waals surface area contributed by atoms with Crippen LogP contribution in [0.4, 0.5) is 0 Å². The molecule has 2 aliphatic rings. The van der Waals surface area contributed by atoms with Gasteiger partial charge in [0, 0.05) is 69.3 Å². The lowest BCUT2D eigenvalue weighted by atomic mass is 9.83. The van der Waals surface area contributed by atoms with Crippen LogP contribution < -0.4 is 15.6 Å². The number of rotatable bonds is 7. The lowest BCUT2D eigenvalue weighted by Crippen LogP contribution is -2.48. The first-order valence-electron chi connectivity index (χ1n) is 11.0. The van der Waals surface area contributed by atoms with E-state index < -0.39 is 0 Å². The first kappa shape index (κ1) is 20.6. The van der Waals surface area contributed by atoms with E-state index in [-0.39, 0.29) is 11.5 Å². The molecule has 0 saturated carbocycles. The van der Waals surface area contributed by atoms with Crippen molar-refractivity contribution >= 4 is 11.6 Å². The van der Waals surface area contributed by atoms with Gasteiger partial charge in [-0.25, -0.2) is 0 Å². The van der Waals surface area contributed by atoms with Crippen LogP contribution in [0.1, 0.15) is 30.3 Å². The number of aryl methyl sites for hydroxylation is 1. The topological polar surface area (TPSA) is 107 Å². The SMILES string of the molecule is COc1ccc2nnc(CCC(=O)NCCN3C[C@H]4C[C@@H](C3)c3cccc(=O)n3C4)n2n1. The molecule has 0 aliphatic carbocycles. The number of amides is 1. The van der Waals surface area contributed by atoms with Crippen LogP contribution in [0.2, 0.25) is 0 Å². The summed E-state index contributed by atoms with van der Waals surface area (Å²) in [6, 6.07) is 9.09. The highest BCUT2D eigenvalue weighted by molar-refractivity contribution is 5.76. The van der Waals surface area contributed by atoms with E-state index in [9.17, 15) is 9.59 Å². The summed E-state index contributed by atoms with van der Waals surface area (Å²) in [5.74, 6) is 1.97. The predicted molar refractivity (Wildman–Crippen MR) is 117 cm³/mol. The quantitative estimate of drug-likeness (QED) is 0.572. The number of fused-ring (bicyclic) bond motifs is 5. The number of aromatic nitrogens is 5. The van der Waals surface area contributed by atoms with E-state index in [4.69, 9.17) is 4.74 Å². The van der Waals surface area contributed by atoms with Crippen LogP contribution in [0.5, 0.6) is 5.88 Å². The van der Waals surface area contributed by atoms with Crippen molar-refractivity contribution in [1.29, 1.82) is 0 Å². The lowest BCUT2D eigenvalue weighted by molar-refractivity contribution is -0.121. The second kappa shape index (κ2) is 8.70. The Morgan fingerprint density at radius 3 is 2.97 bits per heavy atom. The van der Waals surface area contributed by atoms with E-state index in [1.165, 1.54) is 0 Å². The molecular formula is C22H27N7O3. The van der Waals surface area contributed by atoms with Crippen LogP contribution >= 0.6 is 0 Å². The molecule has 1 amide bonds. The Balaban J connectivity index is 1.11. The minimum Gasteiger partial charge on any atom is -0.480 e. The van der Waals surface area contributed by atoms with Crippen LogP contribution in [-0.4, -0.2) is 68.5 Å². The summed E-state index contributed by atoms with van der Waals surface area (Å²) in [5, 5.41) is 15.5. The highest BCUT2D eigenvalue weighted by Crippen LogP contribution is 2.34. The molecule has 0 aromatic carbocycles. The fourth-order valence-corrected chi connectivity index (χ4v) is 4.93. The number of ether oxygens (including phenoxy) is 1. The molecule has 1 saturated heterocycles. The monoisotopic (exact) mass is 437 g/mol. The smallest absolute Gasteiger partial charge is 0.250 e. The fraction of sp³-hybridized carbons (Fsp3) is 0.500. The van der Waals surface area contributed by atoms with E-state index >= 15 is 0 Å². The van der Waals surface area contributed by atoms with Gasteiger partial charge in [0.15, 0.2) is 11.5 Å². The first-order chi connectivity index (χ1) is 15.6. The van der Waals surface area contributed by atoms with Gasteiger partial charge in [-0.05, 0) is 24.5 Å². The number of carbonyl (C=O) groups is 1. The molecule has 1 fully saturated rings. The third-order valence-corrected chi connectivity index (χ3v) is 6.39. The molecule has 168 valence electrons. The number of carbonyl (C=O) groups excluding carboxylic acids is 1. The number of likely N-dealkylation sites (tertiary alicyclic amines) is 1. The van der Waals surface area contributed by atoms with Crippen molar-refractivity contribution in [2.24, 2.45) is 5.92 Å². The second-order valence-electron chi connectivity index (χ2n) is 8.57. The molecule has 3 aromatic heterocycles. The maximum atomic E-state index is 12.4. The van der Waals surface area contributed by atoms with Gasteiger partial charge in [0.1, 0.15) is 0 Å². The van der Waals surface area contributed by atoms with Gasteiger partial charge in [0.2, 0.25) is 11.8 Å². The predicted octanol–water partition coefficient (Wildman–Crippen LogP) is 0.463. The van der Waals surface area contributed by atoms with Crippen molar-refractivity contribution in [2.45, 2.75) is 31.7 Å². The van der Waals surface area contributed by atoms with Gasteiger partial charge in [-0.2, -0.15) is 4.52 Å². The van der Waals surface area contributed by atoms with Crippen LogP contribution in [0.25, 0.3) is 5.65 Å². The van der Waals surface area contributed by atoms with E-state index in [0.717, 1.165) is 38.3 Å². The number of methoxy groups -OCH3 is 1. The molecule has 10 nitrogen and oxygen atoms in total. The number of hydrogen-bond donors (Lipinski definition) is 1. The Morgan fingerprint density at radius 2 is 2.09 bits per heavy atom. The zero-order chi connectivity index (χ0) is 22.1. The highest BCUT2D eigenvalue weighted by Gasteiger charge is 2.34. The molecule has 5 heterocycles. The van der Waals surface area contributed by atoms with Gasteiger partial charge >= 0.3 is 0 Å². The molecule has 10 heteroatoms. The molecule has 2 aliphatic heterocycles. The third kappa shape index (κ3) is 4.10. The van der Waals surface area contributed by atoms with Crippen LogP contribution in [0.15, 0.2) is 35.1 Å². The van der Waals surface area contributed by atoms with Crippen molar-refractivity contribution in [3.8, 4) is 5.88 Å². The minimum absolute atomic E-state index is 0.0150. The van der Waals surface area contributed by atoms with Gasteiger partial charge in [-0.1, -0.05) is 6.07 Å². The number of nitrogens with one attached hydrogen (secondary N) is 1. The molecule has 32 heavy (non-hydrogen) atoms. The average Bonchev–Trinajstić information content (AvgIpc) is 3.20. The minimum atomic E-state index is -0.0150. The zero-order valence-electron chi connectivity index (χ0n) is 18.1. The van der Waals surface area contributed by atoms with Crippen molar-refractivity contribution in [1.82, 2.24) is 34.6 Å². The first-order valence-corrected chi connectivity index (χ1v) is 11.0. The van der Waals surface area contributed by atoms with Crippen LogP contribution in [-0.2, 0) is 17.8 Å². The molecule has 5 rings (SSSR count). The van der Waals surface area contributed by atoms with Crippen molar-refractivity contribution in [3.05, 3.63) is 52.2 Å². The van der Waals surface area contributed by atoms with Gasteiger partial charge in [0.25, 0.3) is 5.56 Å². The Morgan fingerprint density at radius 1 is 1.19 bits per heavy atom. The fourth-order valence-electron chi connectivity index (χ4n) is 4.93. The van der Waals surface area contributed by atoms with Crippen molar-refractivity contribution < 1.29 is 9.53 Å². The van der Waals surface area contributed by atoms with E-state index in [0.29, 0.717) is 48.6 Å². The molecule has 0 unspecified atom stereocenters. The molecule has 2 atom stereocenters. The molecule has 3 aromatic rings. The number of pyridine rings is 1. The summed E-state index contributed by atoms with van der Waals surface area (Å²) in [6.45, 7) is 4.09. The Kier molecular flexibility index (Phi) is 5.60. The number of nitrogens with zero attached hydrogens (tertiary/aromatic N) is 6. The van der Waals surface area contributed by atoms with Gasteiger partial charge < -0.3 is 19.5 Å². The summed E-state index contributed by atoms with van der Waals surface area (Å²) in [5.41, 5.74) is 1.88. The Bertz CT molecular complexity index is 1190.